The third kappa shape index (κ3) is 8.10. The summed E-state index contributed by atoms with van der Waals surface area (Å²) in [5.41, 5.74) is 6.98. The van der Waals surface area contributed by atoms with Gasteiger partial charge in [0.15, 0.2) is 17.6 Å². The molecule has 0 fully saturated rings. The first-order valence-electron chi connectivity index (χ1n) is 12.7. The Morgan fingerprint density at radius 1 is 1.12 bits per heavy atom. The molecule has 0 saturated carbocycles. The SMILES string of the molecule is COc1c(O)cc2c(O)c1C=C(C)C[C@H](OC)[C@@H](O)[C@@H](C)C=C(C)[C@H](OC(N)=O)[C@@H](OC)C=CC=C(C)C(=O)N2. The zero-order valence-corrected chi connectivity index (χ0v) is 23.9. The van der Waals surface area contributed by atoms with Gasteiger partial charge in [-0.15, -0.1) is 0 Å². The van der Waals surface area contributed by atoms with E-state index in [1.165, 1.54) is 33.5 Å². The molecule has 2 amide bonds. The monoisotopic (exact) mass is 560 g/mol. The highest BCUT2D eigenvalue weighted by Crippen LogP contribution is 2.43. The molecule has 1 heterocycles. The second-order valence-electron chi connectivity index (χ2n) is 9.71. The molecule has 6 N–H and O–H groups in total. The molecule has 2 rings (SSSR count). The number of carbonyl (C=O) groups is 2. The maximum Gasteiger partial charge on any atom is 0.405 e. The lowest BCUT2D eigenvalue weighted by atomic mass is 9.91. The van der Waals surface area contributed by atoms with Crippen LogP contribution in [0.25, 0.3) is 6.08 Å². The first-order chi connectivity index (χ1) is 18.8. The normalized spacial score (nSPS) is 24.9. The predicted molar refractivity (Wildman–Crippen MR) is 151 cm³/mol. The maximum absolute atomic E-state index is 12.9. The Bertz CT molecular complexity index is 1200. The lowest BCUT2D eigenvalue weighted by molar-refractivity contribution is -0.112. The number of phenolic OH excluding ortho intramolecular Hbond substituents is 2. The van der Waals surface area contributed by atoms with Gasteiger partial charge in [0, 0.05) is 31.8 Å². The van der Waals surface area contributed by atoms with Crippen LogP contribution in [0.4, 0.5) is 10.5 Å². The van der Waals surface area contributed by atoms with Crippen molar-refractivity contribution in [3.63, 3.8) is 0 Å². The van der Waals surface area contributed by atoms with Gasteiger partial charge >= 0.3 is 6.09 Å². The van der Waals surface area contributed by atoms with Gasteiger partial charge in [-0.1, -0.05) is 36.8 Å². The predicted octanol–water partition coefficient (Wildman–Crippen LogP) is 3.79. The van der Waals surface area contributed by atoms with Gasteiger partial charge in [-0.25, -0.2) is 4.79 Å². The number of hydrogen-bond donors (Lipinski definition) is 5. The second kappa shape index (κ2) is 14.5. The van der Waals surface area contributed by atoms with E-state index in [9.17, 15) is 24.9 Å². The quantitative estimate of drug-likeness (QED) is 0.209. The number of carbonyl (C=O) groups excluding carboxylic acids is 2. The third-order valence-electron chi connectivity index (χ3n) is 6.65. The van der Waals surface area contributed by atoms with E-state index >= 15 is 0 Å². The number of fused-ring (bicyclic) bond motifs is 2. The molecule has 0 spiro atoms. The van der Waals surface area contributed by atoms with Crippen molar-refractivity contribution in [2.45, 2.75) is 58.5 Å². The molecular formula is C29H40N2O9. The van der Waals surface area contributed by atoms with Gasteiger partial charge in [0.05, 0.1) is 30.6 Å². The smallest absolute Gasteiger partial charge is 0.405 e. The number of methoxy groups -OCH3 is 3. The Labute approximate surface area is 234 Å². The molecule has 1 aliphatic heterocycles. The highest BCUT2D eigenvalue weighted by Gasteiger charge is 2.29. The number of amides is 2. The molecule has 1 aromatic rings. The van der Waals surface area contributed by atoms with E-state index in [1.54, 1.807) is 52.0 Å². The molecule has 11 nitrogen and oxygen atoms in total. The number of primary amides is 1. The van der Waals surface area contributed by atoms with Gasteiger partial charge in [0.2, 0.25) is 0 Å². The molecule has 220 valence electrons. The summed E-state index contributed by atoms with van der Waals surface area (Å²) in [6, 6.07) is 1.19. The summed E-state index contributed by atoms with van der Waals surface area (Å²) in [7, 11) is 4.25. The van der Waals surface area contributed by atoms with E-state index in [4.69, 9.17) is 24.7 Å². The minimum Gasteiger partial charge on any atom is -0.505 e. The molecule has 0 saturated heterocycles. The third-order valence-corrected chi connectivity index (χ3v) is 6.65. The average molecular weight is 561 g/mol. The Balaban J connectivity index is 2.72. The molecule has 0 unspecified atom stereocenters. The van der Waals surface area contributed by atoms with Crippen LogP contribution in [0.1, 0.15) is 39.7 Å². The lowest BCUT2D eigenvalue weighted by Crippen LogP contribution is -2.36. The summed E-state index contributed by atoms with van der Waals surface area (Å²) in [5, 5.41) is 35.3. The Kier molecular flexibility index (Phi) is 11.8. The average Bonchev–Trinajstić information content (AvgIpc) is 2.90. The molecule has 1 aromatic carbocycles. The molecule has 1 aliphatic rings. The van der Waals surface area contributed by atoms with Gasteiger partial charge in [-0.05, 0) is 38.8 Å². The van der Waals surface area contributed by atoms with Crippen LogP contribution in [0, 0.1) is 5.92 Å². The van der Waals surface area contributed by atoms with Crippen molar-refractivity contribution in [2.24, 2.45) is 11.7 Å². The zero-order valence-electron chi connectivity index (χ0n) is 23.9. The van der Waals surface area contributed by atoms with E-state index < -0.39 is 42.3 Å². The molecule has 2 bridgehead atoms. The van der Waals surface area contributed by atoms with Crippen LogP contribution in [0.15, 0.2) is 47.1 Å². The van der Waals surface area contributed by atoms with E-state index in [2.05, 4.69) is 5.32 Å². The first kappa shape index (κ1) is 32.4. The van der Waals surface area contributed by atoms with E-state index in [0.29, 0.717) is 11.1 Å². The van der Waals surface area contributed by atoms with Crippen molar-refractivity contribution in [1.82, 2.24) is 0 Å². The number of ether oxygens (including phenoxy) is 4. The minimum absolute atomic E-state index is 0.0171. The second-order valence-corrected chi connectivity index (χ2v) is 9.71. The number of nitrogens with one attached hydrogen (secondary N) is 1. The van der Waals surface area contributed by atoms with Crippen molar-refractivity contribution >= 4 is 23.8 Å². The van der Waals surface area contributed by atoms with Crippen molar-refractivity contribution in [1.29, 1.82) is 0 Å². The van der Waals surface area contributed by atoms with Crippen molar-refractivity contribution < 1.29 is 43.9 Å². The van der Waals surface area contributed by atoms with Crippen LogP contribution in [0.3, 0.4) is 0 Å². The van der Waals surface area contributed by atoms with Gasteiger partial charge in [-0.2, -0.15) is 0 Å². The van der Waals surface area contributed by atoms with Gasteiger partial charge in [0.25, 0.3) is 5.91 Å². The van der Waals surface area contributed by atoms with Crippen LogP contribution in [-0.2, 0) is 19.0 Å². The van der Waals surface area contributed by atoms with Crippen molar-refractivity contribution in [3.05, 3.63) is 52.7 Å². The summed E-state index contributed by atoms with van der Waals surface area (Å²) in [6.07, 6.45) is 3.94. The van der Waals surface area contributed by atoms with Crippen molar-refractivity contribution in [3.8, 4) is 17.2 Å². The van der Waals surface area contributed by atoms with Crippen LogP contribution in [-0.4, -0.2) is 73.1 Å². The Morgan fingerprint density at radius 3 is 2.38 bits per heavy atom. The number of benzene rings is 1. The fourth-order valence-corrected chi connectivity index (χ4v) is 4.47. The number of anilines is 1. The van der Waals surface area contributed by atoms with Gasteiger partial charge < -0.3 is 45.3 Å². The van der Waals surface area contributed by atoms with Crippen LogP contribution in [0.5, 0.6) is 17.2 Å². The number of nitrogens with two attached hydrogens (primary N) is 1. The summed E-state index contributed by atoms with van der Waals surface area (Å²) < 4.78 is 21.8. The summed E-state index contributed by atoms with van der Waals surface area (Å²) >= 11 is 0. The number of allylic oxidation sites excluding steroid dienone is 2. The lowest BCUT2D eigenvalue weighted by Gasteiger charge is -2.28. The standard InChI is InChI=1S/C29H40N2O9/c1-15-11-19-25(34)20(14-21(32)27(19)39-7)31-28(35)16(2)9-8-10-22(37-5)26(40-29(30)36)18(4)13-17(3)24(33)23(12-15)38-6/h8-11,13-14,17,22-24,26,32-34H,12H2,1-7H3,(H2,30,36)(H,31,35)/t17-,22-,23-,24-,26-/m0/s1. The summed E-state index contributed by atoms with van der Waals surface area (Å²) in [5.74, 6) is -1.57. The van der Waals surface area contributed by atoms with Crippen molar-refractivity contribution in [2.75, 3.05) is 26.6 Å². The number of aromatic hydroxyl groups is 2. The molecule has 0 aromatic heterocycles. The van der Waals surface area contributed by atoms with Gasteiger partial charge in [0.1, 0.15) is 11.9 Å². The molecular weight excluding hydrogens is 520 g/mol. The largest absolute Gasteiger partial charge is 0.505 e. The number of aliphatic hydroxyl groups is 1. The van der Waals surface area contributed by atoms with Crippen LogP contribution in [0.2, 0.25) is 0 Å². The van der Waals surface area contributed by atoms with E-state index in [-0.39, 0.29) is 40.5 Å². The molecule has 5 atom stereocenters. The molecule has 0 aliphatic carbocycles. The Morgan fingerprint density at radius 2 is 1.80 bits per heavy atom. The van der Waals surface area contributed by atoms with E-state index in [1.807, 2.05) is 0 Å². The highest BCUT2D eigenvalue weighted by atomic mass is 16.6. The maximum atomic E-state index is 12.9. The molecule has 11 heteroatoms. The fourth-order valence-electron chi connectivity index (χ4n) is 4.47. The van der Waals surface area contributed by atoms with Crippen LogP contribution < -0.4 is 15.8 Å². The Hall–Kier alpha value is -3.80. The minimum atomic E-state index is -0.998. The molecule has 0 radical (unpaired) electrons. The number of rotatable bonds is 4. The van der Waals surface area contributed by atoms with Crippen LogP contribution >= 0.6 is 0 Å². The number of hydrogen-bond acceptors (Lipinski definition) is 9. The first-order valence-corrected chi connectivity index (χ1v) is 12.7. The molecule has 40 heavy (non-hydrogen) atoms. The fraction of sp³-hybridized carbons (Fsp3) is 0.448. The van der Waals surface area contributed by atoms with E-state index in [0.717, 1.165) is 0 Å². The zero-order chi connectivity index (χ0) is 30.1. The number of aliphatic hydroxyl groups excluding tert-OH is 1. The van der Waals surface area contributed by atoms with Gasteiger partial charge in [-0.3, -0.25) is 4.79 Å². The highest BCUT2D eigenvalue weighted by molar-refractivity contribution is 6.05. The number of phenols is 2. The topological polar surface area (TPSA) is 170 Å². The summed E-state index contributed by atoms with van der Waals surface area (Å²) in [6.45, 7) is 6.86. The summed E-state index contributed by atoms with van der Waals surface area (Å²) in [4.78, 5) is 24.6.